The number of allylic oxidation sites excluding steroid dienone is 3. The molecule has 0 saturated carbocycles. The minimum atomic E-state index is 0.0925. The summed E-state index contributed by atoms with van der Waals surface area (Å²) < 4.78 is 0. The first kappa shape index (κ1) is 8.24. The molecule has 0 spiro atoms. The Kier molecular flexibility index (Phi) is 3.80. The van der Waals surface area contributed by atoms with E-state index in [1.54, 1.807) is 19.1 Å². The van der Waals surface area contributed by atoms with Gasteiger partial charge in [-0.15, -0.1) is 0 Å². The summed E-state index contributed by atoms with van der Waals surface area (Å²) in [7, 11) is 0. The second-order valence-corrected chi connectivity index (χ2v) is 1.83. The molecule has 0 aliphatic carbocycles. The van der Waals surface area contributed by atoms with Gasteiger partial charge in [-0.2, -0.15) is 0 Å². The quantitative estimate of drug-likeness (QED) is 0.275. The molecule has 0 aromatic heterocycles. The minimum absolute atomic E-state index is 0.0925. The zero-order chi connectivity index (χ0) is 7.28. The van der Waals surface area contributed by atoms with E-state index in [0.29, 0.717) is 5.57 Å². The number of nitrogens with zero attached hydrogens (tertiary/aromatic N) is 1. The fourth-order valence-corrected chi connectivity index (χ4v) is 0.387. The standard InChI is InChI=1S/C6H8ClNO/c1-3-4-5(2)6(7)8-9/h3-4,9H,1H2,2H3/b5-4+,8-6-. The molecule has 0 aromatic carbocycles. The molecule has 0 bridgehead atoms. The predicted octanol–water partition coefficient (Wildman–Crippen LogP) is 2.15. The van der Waals surface area contributed by atoms with Gasteiger partial charge in [0.15, 0.2) is 5.17 Å². The van der Waals surface area contributed by atoms with Crippen LogP contribution in [0.2, 0.25) is 0 Å². The van der Waals surface area contributed by atoms with Gasteiger partial charge in [0.2, 0.25) is 0 Å². The second-order valence-electron chi connectivity index (χ2n) is 1.48. The van der Waals surface area contributed by atoms with Gasteiger partial charge in [-0.3, -0.25) is 0 Å². The molecular formula is C6H8ClNO. The fourth-order valence-electron chi connectivity index (χ4n) is 0.324. The van der Waals surface area contributed by atoms with Crippen LogP contribution in [-0.4, -0.2) is 10.4 Å². The molecule has 0 heterocycles. The Hall–Kier alpha value is -0.760. The maximum atomic E-state index is 8.11. The van der Waals surface area contributed by atoms with Crippen LogP contribution in [0.3, 0.4) is 0 Å². The highest BCUT2D eigenvalue weighted by molar-refractivity contribution is 6.69. The maximum absolute atomic E-state index is 8.11. The summed E-state index contributed by atoms with van der Waals surface area (Å²) in [6.07, 6.45) is 3.23. The Bertz CT molecular complexity index is 160. The van der Waals surface area contributed by atoms with Crippen molar-refractivity contribution in [3.05, 3.63) is 24.3 Å². The molecule has 0 unspecified atom stereocenters. The Morgan fingerprint density at radius 1 is 1.78 bits per heavy atom. The van der Waals surface area contributed by atoms with E-state index in [0.717, 1.165) is 0 Å². The molecule has 1 N–H and O–H groups in total. The summed E-state index contributed by atoms with van der Waals surface area (Å²) in [6, 6.07) is 0. The first-order chi connectivity index (χ1) is 4.22. The van der Waals surface area contributed by atoms with Crippen molar-refractivity contribution in [2.24, 2.45) is 5.16 Å². The van der Waals surface area contributed by atoms with Gasteiger partial charge in [0.25, 0.3) is 0 Å². The van der Waals surface area contributed by atoms with Crippen LogP contribution < -0.4 is 0 Å². The first-order valence-corrected chi connectivity index (χ1v) is 2.77. The lowest BCUT2D eigenvalue weighted by atomic mass is 10.3. The first-order valence-electron chi connectivity index (χ1n) is 2.39. The average molecular weight is 146 g/mol. The van der Waals surface area contributed by atoms with Gasteiger partial charge in [-0.05, 0) is 12.5 Å². The van der Waals surface area contributed by atoms with Crippen LogP contribution in [0.15, 0.2) is 29.5 Å². The van der Waals surface area contributed by atoms with E-state index >= 15 is 0 Å². The maximum Gasteiger partial charge on any atom is 0.171 e. The van der Waals surface area contributed by atoms with Gasteiger partial charge < -0.3 is 5.21 Å². The molecule has 0 rings (SSSR count). The average Bonchev–Trinajstić information content (AvgIpc) is 1.87. The lowest BCUT2D eigenvalue weighted by Gasteiger charge is -1.89. The van der Waals surface area contributed by atoms with E-state index in [2.05, 4.69) is 11.7 Å². The van der Waals surface area contributed by atoms with Crippen LogP contribution in [0.25, 0.3) is 0 Å². The number of hydrogen-bond donors (Lipinski definition) is 1. The molecule has 3 heteroatoms. The van der Waals surface area contributed by atoms with Crippen LogP contribution >= 0.6 is 11.6 Å². The minimum Gasteiger partial charge on any atom is -0.410 e. The van der Waals surface area contributed by atoms with Crippen LogP contribution in [0.4, 0.5) is 0 Å². The van der Waals surface area contributed by atoms with Crippen molar-refractivity contribution in [3.8, 4) is 0 Å². The number of hydrogen-bond acceptors (Lipinski definition) is 2. The molecule has 0 amide bonds. The smallest absolute Gasteiger partial charge is 0.171 e. The molecule has 0 aromatic rings. The number of rotatable bonds is 2. The highest BCUT2D eigenvalue weighted by Crippen LogP contribution is 2.00. The van der Waals surface area contributed by atoms with Crippen molar-refractivity contribution in [1.29, 1.82) is 0 Å². The van der Waals surface area contributed by atoms with Gasteiger partial charge >= 0.3 is 0 Å². The molecule has 0 fully saturated rings. The van der Waals surface area contributed by atoms with Crippen molar-refractivity contribution in [2.45, 2.75) is 6.92 Å². The molecule has 0 atom stereocenters. The molecule has 0 aliphatic heterocycles. The number of oxime groups is 1. The summed E-state index contributed by atoms with van der Waals surface area (Å²) in [4.78, 5) is 0. The monoisotopic (exact) mass is 145 g/mol. The Labute approximate surface area is 59.1 Å². The van der Waals surface area contributed by atoms with Gasteiger partial charge in [-0.25, -0.2) is 0 Å². The molecule has 0 radical (unpaired) electrons. The summed E-state index contributed by atoms with van der Waals surface area (Å²) in [5.41, 5.74) is 0.689. The molecule has 0 aliphatic rings. The van der Waals surface area contributed by atoms with Crippen LogP contribution in [0, 0.1) is 0 Å². The third-order valence-electron chi connectivity index (χ3n) is 0.781. The largest absolute Gasteiger partial charge is 0.410 e. The SMILES string of the molecule is C=C/C=C(C)/C(Cl)=N/O. The van der Waals surface area contributed by atoms with Crippen molar-refractivity contribution < 1.29 is 5.21 Å². The zero-order valence-electron chi connectivity index (χ0n) is 5.13. The van der Waals surface area contributed by atoms with E-state index in [9.17, 15) is 0 Å². The third-order valence-corrected chi connectivity index (χ3v) is 1.15. The summed E-state index contributed by atoms with van der Waals surface area (Å²) >= 11 is 5.38. The predicted molar refractivity (Wildman–Crippen MR) is 39.0 cm³/mol. The van der Waals surface area contributed by atoms with Crippen LogP contribution in [0.5, 0.6) is 0 Å². The van der Waals surface area contributed by atoms with Crippen molar-refractivity contribution in [1.82, 2.24) is 0 Å². The normalized spacial score (nSPS) is 13.6. The lowest BCUT2D eigenvalue weighted by Crippen LogP contribution is -1.87. The topological polar surface area (TPSA) is 32.6 Å². The van der Waals surface area contributed by atoms with Crippen LogP contribution in [-0.2, 0) is 0 Å². The van der Waals surface area contributed by atoms with Crippen LogP contribution in [0.1, 0.15) is 6.92 Å². The fraction of sp³-hybridized carbons (Fsp3) is 0.167. The summed E-state index contributed by atoms with van der Waals surface area (Å²) in [5, 5.41) is 11.0. The third kappa shape index (κ3) is 2.93. The molecular weight excluding hydrogens is 138 g/mol. The van der Waals surface area contributed by atoms with E-state index in [4.69, 9.17) is 16.8 Å². The van der Waals surface area contributed by atoms with Gasteiger partial charge in [0.05, 0.1) is 0 Å². The van der Waals surface area contributed by atoms with E-state index in [1.165, 1.54) is 0 Å². The Morgan fingerprint density at radius 2 is 2.33 bits per heavy atom. The summed E-state index contributed by atoms with van der Waals surface area (Å²) in [5.74, 6) is 0. The molecule has 2 nitrogen and oxygen atoms in total. The number of halogens is 1. The van der Waals surface area contributed by atoms with Gasteiger partial charge in [-0.1, -0.05) is 35.5 Å². The van der Waals surface area contributed by atoms with Gasteiger partial charge in [0.1, 0.15) is 0 Å². The molecule has 9 heavy (non-hydrogen) atoms. The zero-order valence-corrected chi connectivity index (χ0v) is 5.89. The van der Waals surface area contributed by atoms with Crippen molar-refractivity contribution in [3.63, 3.8) is 0 Å². The highest BCUT2D eigenvalue weighted by Gasteiger charge is 1.93. The Morgan fingerprint density at radius 3 is 2.67 bits per heavy atom. The lowest BCUT2D eigenvalue weighted by molar-refractivity contribution is 0.320. The van der Waals surface area contributed by atoms with Crippen molar-refractivity contribution >= 4 is 16.8 Å². The van der Waals surface area contributed by atoms with Gasteiger partial charge in [0, 0.05) is 0 Å². The van der Waals surface area contributed by atoms with E-state index in [1.807, 2.05) is 0 Å². The summed E-state index contributed by atoms with van der Waals surface area (Å²) in [6.45, 7) is 5.17. The molecule has 50 valence electrons. The second kappa shape index (κ2) is 4.15. The highest BCUT2D eigenvalue weighted by atomic mass is 35.5. The Balaban J connectivity index is 4.19. The van der Waals surface area contributed by atoms with E-state index in [-0.39, 0.29) is 5.17 Å². The molecule has 0 saturated heterocycles. The van der Waals surface area contributed by atoms with Crippen molar-refractivity contribution in [2.75, 3.05) is 0 Å². The van der Waals surface area contributed by atoms with E-state index < -0.39 is 0 Å².